The van der Waals surface area contributed by atoms with E-state index in [4.69, 9.17) is 4.84 Å². The van der Waals surface area contributed by atoms with Crippen molar-refractivity contribution in [1.29, 1.82) is 0 Å². The molecule has 3 aliphatic rings. The highest BCUT2D eigenvalue weighted by Crippen LogP contribution is 2.38. The van der Waals surface area contributed by atoms with Crippen LogP contribution in [0.15, 0.2) is 41.6 Å². The zero-order valence-electron chi connectivity index (χ0n) is 20.7. The second-order valence-electron chi connectivity index (χ2n) is 10.8. The van der Waals surface area contributed by atoms with E-state index in [1.165, 1.54) is 34.4 Å². The SMILES string of the molecule is CC(=O)C1(C)CCN(C2=NOC3(C2)CN(Cc2cc(C)c(-c4ccc(F)cc4)c(C)c2)C3)CC1. The molecule has 2 saturated heterocycles. The second-order valence-corrected chi connectivity index (χ2v) is 10.8. The third kappa shape index (κ3) is 4.24. The van der Waals surface area contributed by atoms with E-state index in [0.29, 0.717) is 5.78 Å². The van der Waals surface area contributed by atoms with Crippen LogP contribution in [0.25, 0.3) is 11.1 Å². The predicted molar refractivity (Wildman–Crippen MR) is 132 cm³/mol. The molecule has 5 nitrogen and oxygen atoms in total. The molecule has 2 aromatic carbocycles. The molecule has 2 fully saturated rings. The van der Waals surface area contributed by atoms with Crippen molar-refractivity contribution in [2.45, 2.75) is 59.1 Å². The van der Waals surface area contributed by atoms with Gasteiger partial charge in [-0.25, -0.2) is 4.39 Å². The van der Waals surface area contributed by atoms with Crippen molar-refractivity contribution in [3.63, 3.8) is 0 Å². The number of piperidine rings is 1. The van der Waals surface area contributed by atoms with Crippen LogP contribution in [0.4, 0.5) is 4.39 Å². The Balaban J connectivity index is 1.17. The van der Waals surface area contributed by atoms with Crippen LogP contribution < -0.4 is 0 Å². The fourth-order valence-corrected chi connectivity index (χ4v) is 5.81. The lowest BCUT2D eigenvalue weighted by atomic mass is 9.77. The minimum atomic E-state index is -0.210. The molecule has 180 valence electrons. The van der Waals surface area contributed by atoms with Gasteiger partial charge in [0.2, 0.25) is 0 Å². The summed E-state index contributed by atoms with van der Waals surface area (Å²) in [5.74, 6) is 1.12. The van der Waals surface area contributed by atoms with E-state index >= 15 is 0 Å². The Bertz CT molecular complexity index is 1100. The summed E-state index contributed by atoms with van der Waals surface area (Å²) in [4.78, 5) is 22.6. The Morgan fingerprint density at radius 1 is 1.09 bits per heavy atom. The maximum Gasteiger partial charge on any atom is 0.170 e. The van der Waals surface area contributed by atoms with Gasteiger partial charge < -0.3 is 9.74 Å². The van der Waals surface area contributed by atoms with Crippen LogP contribution in [0, 0.1) is 25.1 Å². The second kappa shape index (κ2) is 8.49. The van der Waals surface area contributed by atoms with Crippen LogP contribution in [0.2, 0.25) is 0 Å². The molecule has 6 heteroatoms. The van der Waals surface area contributed by atoms with Crippen LogP contribution in [-0.4, -0.2) is 53.2 Å². The monoisotopic (exact) mass is 463 g/mol. The zero-order chi connectivity index (χ0) is 24.1. The number of nitrogens with zero attached hydrogens (tertiary/aromatic N) is 3. The molecule has 0 aliphatic carbocycles. The van der Waals surface area contributed by atoms with Gasteiger partial charge >= 0.3 is 0 Å². The number of carbonyl (C=O) groups excluding carboxylic acids is 1. The standard InChI is InChI=1S/C28H34FN3O2/c1-19-13-22(14-20(2)26(19)23-5-7-24(29)8-6-23)16-31-17-28(18-31)15-25(30-34-28)32-11-9-27(4,10-12-32)21(3)33/h5-8,13-14H,9-12,15-18H2,1-4H3. The van der Waals surface area contributed by atoms with Gasteiger partial charge in [0.15, 0.2) is 5.60 Å². The van der Waals surface area contributed by atoms with Gasteiger partial charge in [-0.1, -0.05) is 36.3 Å². The molecular formula is C28H34FN3O2. The maximum atomic E-state index is 13.3. The number of carbonyl (C=O) groups is 1. The molecule has 0 N–H and O–H groups in total. The Kier molecular flexibility index (Phi) is 5.75. The van der Waals surface area contributed by atoms with E-state index in [1.54, 1.807) is 6.92 Å². The topological polar surface area (TPSA) is 45.1 Å². The quantitative estimate of drug-likeness (QED) is 0.634. The first-order valence-electron chi connectivity index (χ1n) is 12.3. The minimum Gasteiger partial charge on any atom is -0.385 e. The van der Waals surface area contributed by atoms with E-state index in [2.05, 4.69) is 47.9 Å². The Hall–Kier alpha value is -2.73. The average Bonchev–Trinajstić information content (AvgIpc) is 3.20. The normalized spacial score (nSPS) is 21.2. The van der Waals surface area contributed by atoms with E-state index in [0.717, 1.165) is 63.4 Å². The van der Waals surface area contributed by atoms with Gasteiger partial charge in [0.05, 0.1) is 6.42 Å². The first-order chi connectivity index (χ1) is 16.2. The molecule has 0 radical (unpaired) electrons. The number of hydrogen-bond donors (Lipinski definition) is 0. The third-order valence-electron chi connectivity index (χ3n) is 8.06. The molecule has 0 aromatic heterocycles. The van der Waals surface area contributed by atoms with Crippen molar-refractivity contribution >= 4 is 11.6 Å². The van der Waals surface area contributed by atoms with Gasteiger partial charge in [-0.3, -0.25) is 9.69 Å². The average molecular weight is 464 g/mol. The Morgan fingerprint density at radius 2 is 1.71 bits per heavy atom. The first-order valence-corrected chi connectivity index (χ1v) is 12.3. The molecular weight excluding hydrogens is 429 g/mol. The van der Waals surface area contributed by atoms with E-state index in [-0.39, 0.29) is 16.8 Å². The molecule has 34 heavy (non-hydrogen) atoms. The van der Waals surface area contributed by atoms with Crippen molar-refractivity contribution in [2.75, 3.05) is 26.2 Å². The number of Topliss-reactive ketones (excluding diaryl/α,β-unsaturated/α-hetero) is 1. The lowest BCUT2D eigenvalue weighted by Crippen LogP contribution is -2.61. The van der Waals surface area contributed by atoms with Crippen LogP contribution >= 0.6 is 0 Å². The van der Waals surface area contributed by atoms with Gasteiger partial charge in [-0.05, 0) is 73.6 Å². The van der Waals surface area contributed by atoms with Crippen molar-refractivity contribution < 1.29 is 14.0 Å². The first kappa shape index (κ1) is 23.0. The summed E-state index contributed by atoms with van der Waals surface area (Å²) in [6, 6.07) is 11.2. The number of aryl methyl sites for hydroxylation is 2. The van der Waals surface area contributed by atoms with E-state index < -0.39 is 0 Å². The summed E-state index contributed by atoms with van der Waals surface area (Å²) < 4.78 is 13.3. The van der Waals surface area contributed by atoms with Crippen LogP contribution in [0.5, 0.6) is 0 Å². The molecule has 5 rings (SSSR count). The molecule has 0 atom stereocenters. The van der Waals surface area contributed by atoms with Crippen LogP contribution in [-0.2, 0) is 16.2 Å². The maximum absolute atomic E-state index is 13.3. The molecule has 2 aromatic rings. The summed E-state index contributed by atoms with van der Waals surface area (Å²) in [5, 5.41) is 4.45. The molecule has 0 saturated carbocycles. The van der Waals surface area contributed by atoms with E-state index in [1.807, 2.05) is 12.1 Å². The summed E-state index contributed by atoms with van der Waals surface area (Å²) in [5.41, 5.74) is 5.55. The third-order valence-corrected chi connectivity index (χ3v) is 8.06. The highest BCUT2D eigenvalue weighted by Gasteiger charge is 2.51. The molecule has 0 unspecified atom stereocenters. The van der Waals surface area contributed by atoms with Gasteiger partial charge in [-0.2, -0.15) is 0 Å². The minimum absolute atomic E-state index is 0.190. The smallest absolute Gasteiger partial charge is 0.170 e. The van der Waals surface area contributed by atoms with Crippen molar-refractivity contribution in [3.8, 4) is 11.1 Å². The highest BCUT2D eigenvalue weighted by molar-refractivity contribution is 5.86. The van der Waals surface area contributed by atoms with Crippen LogP contribution in [0.3, 0.4) is 0 Å². The number of rotatable bonds is 4. The lowest BCUT2D eigenvalue weighted by molar-refractivity contribution is -0.128. The molecule has 0 amide bonds. The fourth-order valence-electron chi connectivity index (χ4n) is 5.81. The molecule has 3 aliphatic heterocycles. The number of halogens is 1. The fraction of sp³-hybridized carbons (Fsp3) is 0.500. The molecule has 3 heterocycles. The number of ketones is 1. The Labute approximate surface area is 201 Å². The van der Waals surface area contributed by atoms with Gasteiger partial charge in [-0.15, -0.1) is 0 Å². The number of benzene rings is 2. The number of amidine groups is 1. The number of likely N-dealkylation sites (tertiary alicyclic amines) is 2. The van der Waals surface area contributed by atoms with E-state index in [9.17, 15) is 9.18 Å². The molecule has 1 spiro atoms. The Morgan fingerprint density at radius 3 is 2.29 bits per heavy atom. The zero-order valence-corrected chi connectivity index (χ0v) is 20.7. The summed E-state index contributed by atoms with van der Waals surface area (Å²) in [6.07, 6.45) is 2.61. The van der Waals surface area contributed by atoms with Gasteiger partial charge in [0.1, 0.15) is 17.4 Å². The largest absolute Gasteiger partial charge is 0.385 e. The van der Waals surface area contributed by atoms with Gasteiger partial charge in [0, 0.05) is 38.1 Å². The van der Waals surface area contributed by atoms with Crippen LogP contribution in [0.1, 0.15) is 49.8 Å². The lowest BCUT2D eigenvalue weighted by Gasteiger charge is -2.46. The summed E-state index contributed by atoms with van der Waals surface area (Å²) in [6.45, 7) is 12.4. The summed E-state index contributed by atoms with van der Waals surface area (Å²) >= 11 is 0. The summed E-state index contributed by atoms with van der Waals surface area (Å²) in [7, 11) is 0. The molecule has 0 bridgehead atoms. The predicted octanol–water partition coefficient (Wildman–Crippen LogP) is 5.09. The number of hydrogen-bond acceptors (Lipinski definition) is 5. The van der Waals surface area contributed by atoms with Crippen molar-refractivity contribution in [2.24, 2.45) is 10.6 Å². The highest BCUT2D eigenvalue weighted by atomic mass is 19.1. The number of oxime groups is 1. The van der Waals surface area contributed by atoms with Crippen molar-refractivity contribution in [1.82, 2.24) is 9.80 Å². The van der Waals surface area contributed by atoms with Crippen molar-refractivity contribution in [3.05, 3.63) is 58.9 Å². The van der Waals surface area contributed by atoms with Gasteiger partial charge in [0.25, 0.3) is 0 Å².